The minimum atomic E-state index is -1.43. The maximum Gasteiger partial charge on any atom is 0.324 e. The molecule has 0 aliphatic heterocycles. The summed E-state index contributed by atoms with van der Waals surface area (Å²) in [5.41, 5.74) is -1.43. The number of carbonyl (C=O) groups excluding carboxylic acids is 1. The SMILES string of the molecule is CCCCCC(C)OC(=O)C(CCC(C)C)(C(=O)O)C(C)C. The van der Waals surface area contributed by atoms with Crippen LogP contribution in [0.4, 0.5) is 0 Å². The van der Waals surface area contributed by atoms with Crippen LogP contribution in [-0.4, -0.2) is 23.1 Å². The molecule has 0 aromatic heterocycles. The second-order valence-electron chi connectivity index (χ2n) is 7.08. The molecule has 22 heavy (non-hydrogen) atoms. The van der Waals surface area contributed by atoms with Gasteiger partial charge in [-0.3, -0.25) is 9.59 Å². The predicted octanol–water partition coefficient (Wildman–Crippen LogP) is 4.66. The van der Waals surface area contributed by atoms with Crippen LogP contribution in [0.1, 0.15) is 80.1 Å². The molecule has 1 N–H and O–H groups in total. The maximum atomic E-state index is 12.6. The number of carbonyl (C=O) groups is 2. The van der Waals surface area contributed by atoms with Crippen LogP contribution < -0.4 is 0 Å². The Labute approximate surface area is 135 Å². The van der Waals surface area contributed by atoms with Crippen LogP contribution in [0, 0.1) is 17.3 Å². The molecule has 4 heteroatoms. The van der Waals surface area contributed by atoms with Crippen molar-refractivity contribution < 1.29 is 19.4 Å². The van der Waals surface area contributed by atoms with Crippen molar-refractivity contribution in [3.8, 4) is 0 Å². The van der Waals surface area contributed by atoms with E-state index in [2.05, 4.69) is 6.92 Å². The van der Waals surface area contributed by atoms with E-state index in [0.717, 1.165) is 25.7 Å². The van der Waals surface area contributed by atoms with E-state index in [1.54, 1.807) is 13.8 Å². The Kier molecular flexibility index (Phi) is 9.38. The summed E-state index contributed by atoms with van der Waals surface area (Å²) in [4.78, 5) is 24.5. The highest BCUT2D eigenvalue weighted by Crippen LogP contribution is 2.37. The van der Waals surface area contributed by atoms with Gasteiger partial charge in [0.05, 0.1) is 6.10 Å². The van der Waals surface area contributed by atoms with Gasteiger partial charge in [-0.05, 0) is 44.4 Å². The molecule has 0 rings (SSSR count). The molecule has 0 radical (unpaired) electrons. The van der Waals surface area contributed by atoms with Crippen molar-refractivity contribution in [3.05, 3.63) is 0 Å². The van der Waals surface area contributed by atoms with Gasteiger partial charge in [0.15, 0.2) is 5.41 Å². The van der Waals surface area contributed by atoms with E-state index in [1.165, 1.54) is 0 Å². The number of aliphatic carboxylic acids is 1. The Balaban J connectivity index is 4.99. The lowest BCUT2D eigenvalue weighted by molar-refractivity contribution is -0.177. The zero-order chi connectivity index (χ0) is 17.3. The molecule has 0 amide bonds. The summed E-state index contributed by atoms with van der Waals surface area (Å²) in [5, 5.41) is 9.70. The van der Waals surface area contributed by atoms with Gasteiger partial charge in [0.2, 0.25) is 0 Å². The molecular weight excluding hydrogens is 280 g/mol. The minimum absolute atomic E-state index is 0.226. The van der Waals surface area contributed by atoms with Crippen molar-refractivity contribution in [3.63, 3.8) is 0 Å². The standard InChI is InChI=1S/C18H34O4/c1-7-8-9-10-15(6)22-17(21)18(14(4)5,16(19)20)12-11-13(2)3/h13-15H,7-12H2,1-6H3,(H,19,20). The van der Waals surface area contributed by atoms with Gasteiger partial charge < -0.3 is 9.84 Å². The number of esters is 1. The average molecular weight is 314 g/mol. The van der Waals surface area contributed by atoms with E-state index in [4.69, 9.17) is 4.74 Å². The summed E-state index contributed by atoms with van der Waals surface area (Å²) in [6.07, 6.45) is 4.80. The van der Waals surface area contributed by atoms with Crippen LogP contribution >= 0.6 is 0 Å². The third kappa shape index (κ3) is 5.98. The summed E-state index contributed by atoms with van der Waals surface area (Å²) in [7, 11) is 0. The molecular formula is C18H34O4. The number of hydrogen-bond acceptors (Lipinski definition) is 3. The van der Waals surface area contributed by atoms with Gasteiger partial charge in [-0.25, -0.2) is 0 Å². The van der Waals surface area contributed by atoms with Gasteiger partial charge in [-0.15, -0.1) is 0 Å². The van der Waals surface area contributed by atoms with Crippen molar-refractivity contribution in [1.82, 2.24) is 0 Å². The van der Waals surface area contributed by atoms with Crippen LogP contribution in [0.5, 0.6) is 0 Å². The highest BCUT2D eigenvalue weighted by Gasteiger charge is 2.50. The van der Waals surface area contributed by atoms with Crippen LogP contribution in [0.3, 0.4) is 0 Å². The largest absolute Gasteiger partial charge is 0.480 e. The first-order chi connectivity index (χ1) is 10.2. The highest BCUT2D eigenvalue weighted by molar-refractivity contribution is 5.99. The predicted molar refractivity (Wildman–Crippen MR) is 88.7 cm³/mol. The molecule has 0 aromatic rings. The monoisotopic (exact) mass is 314 g/mol. The van der Waals surface area contributed by atoms with E-state index in [-0.39, 0.29) is 12.0 Å². The van der Waals surface area contributed by atoms with Gasteiger partial charge in [0.1, 0.15) is 0 Å². The molecule has 0 heterocycles. The third-order valence-electron chi connectivity index (χ3n) is 4.37. The smallest absolute Gasteiger partial charge is 0.324 e. The number of carboxylic acids is 1. The van der Waals surface area contributed by atoms with E-state index < -0.39 is 17.4 Å². The third-order valence-corrected chi connectivity index (χ3v) is 4.37. The molecule has 2 unspecified atom stereocenters. The van der Waals surface area contributed by atoms with Crippen LogP contribution in [0.25, 0.3) is 0 Å². The molecule has 4 nitrogen and oxygen atoms in total. The second-order valence-corrected chi connectivity index (χ2v) is 7.08. The maximum absolute atomic E-state index is 12.6. The Hall–Kier alpha value is -1.06. The van der Waals surface area contributed by atoms with Gasteiger partial charge in [0, 0.05) is 0 Å². The van der Waals surface area contributed by atoms with E-state index in [1.807, 2.05) is 20.8 Å². The first-order valence-corrected chi connectivity index (χ1v) is 8.62. The molecule has 0 spiro atoms. The average Bonchev–Trinajstić information content (AvgIpc) is 2.38. The summed E-state index contributed by atoms with van der Waals surface area (Å²) < 4.78 is 5.50. The Bertz CT molecular complexity index is 349. The van der Waals surface area contributed by atoms with Gasteiger partial charge in [-0.1, -0.05) is 47.5 Å². The van der Waals surface area contributed by atoms with Crippen molar-refractivity contribution >= 4 is 11.9 Å². The topological polar surface area (TPSA) is 63.6 Å². The zero-order valence-electron chi connectivity index (χ0n) is 15.1. The Morgan fingerprint density at radius 1 is 1.05 bits per heavy atom. The second kappa shape index (κ2) is 9.86. The Morgan fingerprint density at radius 3 is 2.05 bits per heavy atom. The van der Waals surface area contributed by atoms with Gasteiger partial charge >= 0.3 is 11.9 Å². The summed E-state index contributed by atoms with van der Waals surface area (Å²) in [6, 6.07) is 0. The van der Waals surface area contributed by atoms with Crippen molar-refractivity contribution in [2.75, 3.05) is 0 Å². The normalized spacial score (nSPS) is 15.6. The lowest BCUT2D eigenvalue weighted by atomic mass is 9.72. The van der Waals surface area contributed by atoms with Crippen LogP contribution in [-0.2, 0) is 14.3 Å². The Morgan fingerprint density at radius 2 is 1.64 bits per heavy atom. The number of hydrogen-bond donors (Lipinski definition) is 1. The molecule has 0 bridgehead atoms. The summed E-state index contributed by atoms with van der Waals surface area (Å²) in [5.74, 6) is -1.57. The fraction of sp³-hybridized carbons (Fsp3) is 0.889. The van der Waals surface area contributed by atoms with Crippen LogP contribution in [0.15, 0.2) is 0 Å². The first-order valence-electron chi connectivity index (χ1n) is 8.62. The number of unbranched alkanes of at least 4 members (excludes halogenated alkanes) is 2. The van der Waals surface area contributed by atoms with Gasteiger partial charge in [-0.2, -0.15) is 0 Å². The highest BCUT2D eigenvalue weighted by atomic mass is 16.5. The molecule has 130 valence electrons. The first kappa shape index (κ1) is 20.9. The summed E-state index contributed by atoms with van der Waals surface area (Å²) >= 11 is 0. The minimum Gasteiger partial charge on any atom is -0.480 e. The molecule has 0 fully saturated rings. The van der Waals surface area contributed by atoms with Crippen LogP contribution in [0.2, 0.25) is 0 Å². The van der Waals surface area contributed by atoms with E-state index in [9.17, 15) is 14.7 Å². The molecule has 0 aliphatic carbocycles. The van der Waals surface area contributed by atoms with E-state index >= 15 is 0 Å². The van der Waals surface area contributed by atoms with Crippen molar-refractivity contribution in [1.29, 1.82) is 0 Å². The quantitative estimate of drug-likeness (QED) is 0.342. The number of carboxylic acid groups (broad SMARTS) is 1. The summed E-state index contributed by atoms with van der Waals surface area (Å²) in [6.45, 7) is 11.6. The fourth-order valence-corrected chi connectivity index (χ4v) is 2.61. The lowest BCUT2D eigenvalue weighted by Crippen LogP contribution is -2.46. The zero-order valence-corrected chi connectivity index (χ0v) is 15.1. The lowest BCUT2D eigenvalue weighted by Gasteiger charge is -2.32. The molecule has 0 aliphatic rings. The van der Waals surface area contributed by atoms with Crippen molar-refractivity contribution in [2.24, 2.45) is 17.3 Å². The molecule has 0 saturated heterocycles. The fourth-order valence-electron chi connectivity index (χ4n) is 2.61. The number of rotatable bonds is 11. The van der Waals surface area contributed by atoms with Crippen molar-refractivity contribution in [2.45, 2.75) is 86.2 Å². The molecule has 0 saturated carbocycles. The van der Waals surface area contributed by atoms with E-state index in [0.29, 0.717) is 18.8 Å². The number of ether oxygens (including phenoxy) is 1. The molecule has 0 aromatic carbocycles. The molecule has 2 atom stereocenters. The van der Waals surface area contributed by atoms with Gasteiger partial charge in [0.25, 0.3) is 0 Å².